The van der Waals surface area contributed by atoms with Gasteiger partial charge in [0.1, 0.15) is 11.5 Å². The Hall–Kier alpha value is -3.27. The van der Waals surface area contributed by atoms with E-state index in [0.29, 0.717) is 5.69 Å². The Morgan fingerprint density at radius 3 is 2.00 bits per heavy atom. The molecule has 0 aliphatic heterocycles. The zero-order chi connectivity index (χ0) is 24.6. The number of likely N-dealkylation sites (N-methyl/N-ethyl adjacent to an activating group) is 1. The van der Waals surface area contributed by atoms with Gasteiger partial charge < -0.3 is 20.1 Å². The molecule has 2 amide bonds. The second-order valence-corrected chi connectivity index (χ2v) is 7.86. The summed E-state index contributed by atoms with van der Waals surface area (Å²) in [6.45, 7) is 3.91. The summed E-state index contributed by atoms with van der Waals surface area (Å²) in [7, 11) is 3.21. The van der Waals surface area contributed by atoms with Crippen LogP contribution in [0.15, 0.2) is 48.5 Å². The van der Waals surface area contributed by atoms with Gasteiger partial charge in [0.05, 0.1) is 26.2 Å². The lowest BCUT2D eigenvalue weighted by Gasteiger charge is -2.24. The van der Waals surface area contributed by atoms with E-state index in [1.807, 2.05) is 38.1 Å². The largest absolute Gasteiger partial charge is 0.573 e. The molecule has 2 N–H and O–H groups in total. The minimum Gasteiger partial charge on any atom is -0.497 e. The van der Waals surface area contributed by atoms with Crippen LogP contribution in [0.5, 0.6) is 11.5 Å². The number of nitrogens with one attached hydrogen (secondary N) is 2. The van der Waals surface area contributed by atoms with Gasteiger partial charge in [0, 0.05) is 5.69 Å². The summed E-state index contributed by atoms with van der Waals surface area (Å²) in [4.78, 5) is 26.3. The van der Waals surface area contributed by atoms with Crippen molar-refractivity contribution >= 4 is 17.5 Å². The van der Waals surface area contributed by atoms with Gasteiger partial charge in [-0.3, -0.25) is 14.5 Å². The summed E-state index contributed by atoms with van der Waals surface area (Å²) in [6.07, 6.45) is -4.78. The van der Waals surface area contributed by atoms with Gasteiger partial charge in [-0.2, -0.15) is 0 Å². The molecule has 0 fully saturated rings. The first-order chi connectivity index (χ1) is 15.5. The van der Waals surface area contributed by atoms with E-state index >= 15 is 0 Å². The van der Waals surface area contributed by atoms with Crippen LogP contribution in [-0.2, 0) is 9.59 Å². The highest BCUT2D eigenvalue weighted by Gasteiger charge is 2.31. The van der Waals surface area contributed by atoms with Gasteiger partial charge in [0.15, 0.2) is 0 Å². The second-order valence-electron chi connectivity index (χ2n) is 7.86. The molecule has 0 spiro atoms. The zero-order valence-corrected chi connectivity index (χ0v) is 18.9. The number of hydrogen-bond acceptors (Lipinski definition) is 5. The lowest BCUT2D eigenvalue weighted by atomic mass is 9.96. The molecule has 0 radical (unpaired) electrons. The van der Waals surface area contributed by atoms with Crippen molar-refractivity contribution in [2.45, 2.75) is 26.3 Å². The van der Waals surface area contributed by atoms with Crippen LogP contribution in [0.1, 0.15) is 25.5 Å². The van der Waals surface area contributed by atoms with Crippen molar-refractivity contribution < 1.29 is 32.2 Å². The molecule has 0 saturated carbocycles. The molecule has 2 aromatic carbocycles. The molecule has 7 nitrogen and oxygen atoms in total. The Morgan fingerprint density at radius 1 is 0.939 bits per heavy atom. The van der Waals surface area contributed by atoms with Crippen molar-refractivity contribution in [3.63, 3.8) is 0 Å². The SMILES string of the molecule is COc1ccc(C(NC(=O)CN(C)CC(=O)Nc2ccc(OC(F)(F)F)cc2)C(C)C)cc1. The van der Waals surface area contributed by atoms with Crippen LogP contribution in [0.3, 0.4) is 0 Å². The molecule has 0 aliphatic carbocycles. The molecule has 0 aliphatic rings. The van der Waals surface area contributed by atoms with Gasteiger partial charge in [-0.25, -0.2) is 0 Å². The minimum absolute atomic E-state index is 0.00877. The summed E-state index contributed by atoms with van der Waals surface area (Å²) < 4.78 is 45.6. The maximum atomic E-state index is 12.5. The fourth-order valence-electron chi connectivity index (χ4n) is 3.15. The van der Waals surface area contributed by atoms with E-state index in [4.69, 9.17) is 4.74 Å². The van der Waals surface area contributed by atoms with Crippen LogP contribution in [0, 0.1) is 5.92 Å². The molecule has 0 bridgehead atoms. The normalized spacial score (nSPS) is 12.4. The molecule has 2 rings (SSSR count). The van der Waals surface area contributed by atoms with Gasteiger partial charge in [0.2, 0.25) is 11.8 Å². The third-order valence-corrected chi connectivity index (χ3v) is 4.66. The molecule has 0 aromatic heterocycles. The Bertz CT molecular complexity index is 916. The molecule has 2 aromatic rings. The first kappa shape index (κ1) is 26.0. The summed E-state index contributed by atoms with van der Waals surface area (Å²) >= 11 is 0. The van der Waals surface area contributed by atoms with Crippen molar-refractivity contribution in [1.29, 1.82) is 0 Å². The first-order valence-corrected chi connectivity index (χ1v) is 10.2. The predicted octanol–water partition coefficient (Wildman–Crippen LogP) is 3.98. The maximum Gasteiger partial charge on any atom is 0.573 e. The third kappa shape index (κ3) is 9.01. The summed E-state index contributed by atoms with van der Waals surface area (Å²) in [5, 5.41) is 5.56. The lowest BCUT2D eigenvalue weighted by Crippen LogP contribution is -2.41. The number of methoxy groups -OCH3 is 1. The van der Waals surface area contributed by atoms with Gasteiger partial charge in [0.25, 0.3) is 0 Å². The number of nitrogens with zero attached hydrogens (tertiary/aromatic N) is 1. The quantitative estimate of drug-likeness (QED) is 0.553. The third-order valence-electron chi connectivity index (χ3n) is 4.66. The fourth-order valence-corrected chi connectivity index (χ4v) is 3.15. The molecule has 10 heteroatoms. The number of carbonyl (C=O) groups is 2. The van der Waals surface area contributed by atoms with Crippen LogP contribution < -0.4 is 20.1 Å². The second kappa shape index (κ2) is 11.6. The number of alkyl halides is 3. The van der Waals surface area contributed by atoms with Crippen LogP contribution in [0.25, 0.3) is 0 Å². The molecule has 0 saturated heterocycles. The highest BCUT2D eigenvalue weighted by molar-refractivity contribution is 5.92. The molecule has 0 heterocycles. The molecule has 33 heavy (non-hydrogen) atoms. The molecular weight excluding hydrogens is 439 g/mol. The Balaban J connectivity index is 1.86. The molecular formula is C23H28F3N3O4. The zero-order valence-electron chi connectivity index (χ0n) is 18.9. The molecule has 1 unspecified atom stereocenters. The number of ether oxygens (including phenoxy) is 2. The van der Waals surface area contributed by atoms with E-state index in [0.717, 1.165) is 23.4 Å². The van der Waals surface area contributed by atoms with E-state index in [1.54, 1.807) is 14.2 Å². The van der Waals surface area contributed by atoms with E-state index in [9.17, 15) is 22.8 Å². The molecule has 180 valence electrons. The number of carbonyl (C=O) groups excluding carboxylic acids is 2. The minimum atomic E-state index is -4.78. The fraction of sp³-hybridized carbons (Fsp3) is 0.391. The van der Waals surface area contributed by atoms with Gasteiger partial charge >= 0.3 is 6.36 Å². The first-order valence-electron chi connectivity index (χ1n) is 10.2. The average molecular weight is 467 g/mol. The number of amides is 2. The Morgan fingerprint density at radius 2 is 1.48 bits per heavy atom. The maximum absolute atomic E-state index is 12.5. The molecule has 1 atom stereocenters. The smallest absolute Gasteiger partial charge is 0.497 e. The van der Waals surface area contributed by atoms with E-state index in [-0.39, 0.29) is 36.7 Å². The van der Waals surface area contributed by atoms with Crippen molar-refractivity contribution in [2.24, 2.45) is 5.92 Å². The van der Waals surface area contributed by atoms with Crippen molar-refractivity contribution in [2.75, 3.05) is 32.6 Å². The van der Waals surface area contributed by atoms with Crippen molar-refractivity contribution in [1.82, 2.24) is 10.2 Å². The lowest BCUT2D eigenvalue weighted by molar-refractivity contribution is -0.274. The summed E-state index contributed by atoms with van der Waals surface area (Å²) in [6, 6.07) is 12.0. The monoisotopic (exact) mass is 467 g/mol. The van der Waals surface area contributed by atoms with Crippen molar-refractivity contribution in [3.05, 3.63) is 54.1 Å². The Kier molecular flexibility index (Phi) is 9.10. The number of halogens is 3. The van der Waals surface area contributed by atoms with Crippen molar-refractivity contribution in [3.8, 4) is 11.5 Å². The standard InChI is InChI=1S/C23H28F3N3O4/c1-15(2)22(16-5-9-18(32-4)10-6-16)28-21(31)14-29(3)13-20(30)27-17-7-11-19(12-8-17)33-23(24,25)26/h5-12,15,22H,13-14H2,1-4H3,(H,27,30)(H,28,31). The van der Waals surface area contributed by atoms with Gasteiger partial charge in [-0.1, -0.05) is 26.0 Å². The predicted molar refractivity (Wildman–Crippen MR) is 118 cm³/mol. The number of anilines is 1. The van der Waals surface area contributed by atoms with Gasteiger partial charge in [-0.15, -0.1) is 13.2 Å². The highest BCUT2D eigenvalue weighted by atomic mass is 19.4. The van der Waals surface area contributed by atoms with Crippen LogP contribution in [0.4, 0.5) is 18.9 Å². The highest BCUT2D eigenvalue weighted by Crippen LogP contribution is 2.25. The summed E-state index contributed by atoms with van der Waals surface area (Å²) in [5.74, 6) is -0.175. The van der Waals surface area contributed by atoms with Crippen LogP contribution >= 0.6 is 0 Å². The van der Waals surface area contributed by atoms with Crippen LogP contribution in [-0.4, -0.2) is 50.3 Å². The number of benzene rings is 2. The van der Waals surface area contributed by atoms with E-state index < -0.39 is 12.3 Å². The topological polar surface area (TPSA) is 79.9 Å². The Labute approximate surface area is 190 Å². The average Bonchev–Trinajstić information content (AvgIpc) is 2.72. The van der Waals surface area contributed by atoms with E-state index in [1.165, 1.54) is 17.0 Å². The number of hydrogen-bond donors (Lipinski definition) is 2. The van der Waals surface area contributed by atoms with Gasteiger partial charge in [-0.05, 0) is 54.9 Å². The number of rotatable bonds is 10. The van der Waals surface area contributed by atoms with Crippen LogP contribution in [0.2, 0.25) is 0 Å². The van der Waals surface area contributed by atoms with E-state index in [2.05, 4.69) is 15.4 Å². The summed E-state index contributed by atoms with van der Waals surface area (Å²) in [5.41, 5.74) is 1.25.